The number of anilines is 1. The van der Waals surface area contributed by atoms with Gasteiger partial charge in [0.25, 0.3) is 5.91 Å². The van der Waals surface area contributed by atoms with Crippen molar-refractivity contribution in [3.8, 4) is 11.9 Å². The number of alkyl halides is 1. The summed E-state index contributed by atoms with van der Waals surface area (Å²) < 4.78 is 16.1. The Hall–Kier alpha value is -2.88. The van der Waals surface area contributed by atoms with E-state index in [2.05, 4.69) is 10.4 Å². The van der Waals surface area contributed by atoms with E-state index in [4.69, 9.17) is 5.26 Å². The molecule has 2 heterocycles. The number of carbonyl (C=O) groups excluding carboxylic acids is 1. The summed E-state index contributed by atoms with van der Waals surface area (Å²) in [6.45, 7) is 0.0475. The molecule has 1 aromatic heterocycles. The van der Waals surface area contributed by atoms with E-state index in [0.717, 1.165) is 5.69 Å². The predicted octanol–water partition coefficient (Wildman–Crippen LogP) is 1.71. The molecule has 1 saturated heterocycles. The number of halogens is 1. The van der Waals surface area contributed by atoms with Crippen LogP contribution in [0.25, 0.3) is 5.69 Å². The first-order valence-electron chi connectivity index (χ1n) is 6.86. The Morgan fingerprint density at radius 1 is 1.41 bits per heavy atom. The molecule has 1 aliphatic rings. The van der Waals surface area contributed by atoms with Crippen LogP contribution in [0.5, 0.6) is 0 Å². The van der Waals surface area contributed by atoms with Crippen LogP contribution >= 0.6 is 0 Å². The van der Waals surface area contributed by atoms with Crippen LogP contribution in [0.3, 0.4) is 0 Å². The summed E-state index contributed by atoms with van der Waals surface area (Å²) in [7, 11) is 0. The van der Waals surface area contributed by atoms with Crippen LogP contribution in [0.4, 0.5) is 10.1 Å². The van der Waals surface area contributed by atoms with E-state index >= 15 is 0 Å². The molecule has 0 saturated carbocycles. The van der Waals surface area contributed by atoms with Gasteiger partial charge in [0.2, 0.25) is 5.67 Å². The Morgan fingerprint density at radius 3 is 2.86 bits per heavy atom. The Bertz CT molecular complexity index is 723. The summed E-state index contributed by atoms with van der Waals surface area (Å²) in [4.78, 5) is 13.3. The molecule has 7 heteroatoms. The number of para-hydroxylation sites is 1. The summed E-state index contributed by atoms with van der Waals surface area (Å²) in [5.74, 6) is -0.738. The third-order valence-corrected chi connectivity index (χ3v) is 3.63. The number of hydrogen-bond donors (Lipinski definition) is 1. The molecule has 2 aromatic rings. The number of amides is 1. The molecule has 3 rings (SSSR count). The zero-order chi connectivity index (χ0) is 15.6. The van der Waals surface area contributed by atoms with Crippen molar-refractivity contribution in [2.75, 3.05) is 18.4 Å². The normalized spacial score (nSPS) is 20.6. The van der Waals surface area contributed by atoms with Gasteiger partial charge in [-0.25, -0.2) is 9.07 Å². The standard InChI is InChI=1S/C15H14FN5O/c16-15(6-7-20(10-15)11-17)14(22)19-12-8-18-21(9-12)13-4-2-1-3-5-13/h1-5,8-9H,6-7,10H2,(H,19,22)/t15-/m1/s1. The third kappa shape index (κ3) is 2.63. The second-order valence-corrected chi connectivity index (χ2v) is 5.20. The van der Waals surface area contributed by atoms with Crippen molar-refractivity contribution in [2.24, 2.45) is 0 Å². The average Bonchev–Trinajstić information content (AvgIpc) is 3.16. The van der Waals surface area contributed by atoms with Gasteiger partial charge in [-0.3, -0.25) is 4.79 Å². The van der Waals surface area contributed by atoms with Gasteiger partial charge in [0, 0.05) is 13.0 Å². The lowest BCUT2D eigenvalue weighted by Crippen LogP contribution is -2.40. The molecule has 0 radical (unpaired) electrons. The molecule has 1 N–H and O–H groups in total. The molecule has 0 unspecified atom stereocenters. The molecule has 6 nitrogen and oxygen atoms in total. The fraction of sp³-hybridized carbons (Fsp3) is 0.267. The third-order valence-electron chi connectivity index (χ3n) is 3.63. The first kappa shape index (κ1) is 14.1. The fourth-order valence-electron chi connectivity index (χ4n) is 2.40. The predicted molar refractivity (Wildman–Crippen MR) is 77.8 cm³/mol. The Balaban J connectivity index is 1.71. The number of nitrogens with one attached hydrogen (secondary N) is 1. The zero-order valence-corrected chi connectivity index (χ0v) is 11.7. The van der Waals surface area contributed by atoms with E-state index in [0.29, 0.717) is 5.69 Å². The van der Waals surface area contributed by atoms with E-state index in [9.17, 15) is 9.18 Å². The van der Waals surface area contributed by atoms with E-state index in [1.54, 1.807) is 10.9 Å². The van der Waals surface area contributed by atoms with Crippen LogP contribution in [0.15, 0.2) is 42.7 Å². The van der Waals surface area contributed by atoms with E-state index in [1.807, 2.05) is 36.5 Å². The van der Waals surface area contributed by atoms with E-state index in [-0.39, 0.29) is 19.5 Å². The van der Waals surface area contributed by atoms with Crippen molar-refractivity contribution in [2.45, 2.75) is 12.1 Å². The number of rotatable bonds is 3. The SMILES string of the molecule is N#CN1CC[C@](F)(C(=O)Nc2cnn(-c3ccccc3)c2)C1. The van der Waals surface area contributed by atoms with Crippen molar-refractivity contribution in [1.82, 2.24) is 14.7 Å². The number of benzene rings is 1. The zero-order valence-electron chi connectivity index (χ0n) is 11.7. The van der Waals surface area contributed by atoms with Gasteiger partial charge in [-0.2, -0.15) is 10.4 Å². The van der Waals surface area contributed by atoms with Gasteiger partial charge in [0.15, 0.2) is 6.19 Å². The number of aromatic nitrogens is 2. The van der Waals surface area contributed by atoms with Crippen molar-refractivity contribution in [3.63, 3.8) is 0 Å². The number of nitrogens with zero attached hydrogens (tertiary/aromatic N) is 4. The second-order valence-electron chi connectivity index (χ2n) is 5.20. The van der Waals surface area contributed by atoms with Crippen LogP contribution in [0.2, 0.25) is 0 Å². The minimum absolute atomic E-state index is 0.0131. The van der Waals surface area contributed by atoms with Crippen LogP contribution in [0.1, 0.15) is 6.42 Å². The van der Waals surface area contributed by atoms with E-state index in [1.165, 1.54) is 11.1 Å². The maximum Gasteiger partial charge on any atom is 0.264 e. The smallest absolute Gasteiger partial charge is 0.264 e. The van der Waals surface area contributed by atoms with E-state index < -0.39 is 11.6 Å². The summed E-state index contributed by atoms with van der Waals surface area (Å²) in [6.07, 6.45) is 4.96. The maximum absolute atomic E-state index is 14.5. The highest BCUT2D eigenvalue weighted by Gasteiger charge is 2.45. The highest BCUT2D eigenvalue weighted by molar-refractivity contribution is 5.97. The quantitative estimate of drug-likeness (QED) is 0.876. The number of carbonyl (C=O) groups is 1. The molecule has 1 aromatic carbocycles. The Morgan fingerprint density at radius 2 is 2.18 bits per heavy atom. The maximum atomic E-state index is 14.5. The Labute approximate surface area is 126 Å². The average molecular weight is 299 g/mol. The summed E-state index contributed by atoms with van der Waals surface area (Å²) in [6, 6.07) is 9.39. The highest BCUT2D eigenvalue weighted by atomic mass is 19.1. The minimum atomic E-state index is -2.04. The van der Waals surface area contributed by atoms with Crippen LogP contribution < -0.4 is 5.32 Å². The molecule has 22 heavy (non-hydrogen) atoms. The molecule has 0 aliphatic carbocycles. The highest BCUT2D eigenvalue weighted by Crippen LogP contribution is 2.27. The molecular weight excluding hydrogens is 285 g/mol. The first-order valence-corrected chi connectivity index (χ1v) is 6.86. The van der Waals surface area contributed by atoms with Gasteiger partial charge in [0.1, 0.15) is 0 Å². The monoisotopic (exact) mass is 299 g/mol. The Kier molecular flexibility index (Phi) is 3.51. The summed E-state index contributed by atoms with van der Waals surface area (Å²) >= 11 is 0. The van der Waals surface area contributed by atoms with Gasteiger partial charge >= 0.3 is 0 Å². The van der Waals surface area contributed by atoms with Gasteiger partial charge < -0.3 is 10.2 Å². The largest absolute Gasteiger partial charge is 0.321 e. The molecule has 1 atom stereocenters. The number of hydrogen-bond acceptors (Lipinski definition) is 4. The topological polar surface area (TPSA) is 74.0 Å². The summed E-state index contributed by atoms with van der Waals surface area (Å²) in [5.41, 5.74) is -0.777. The molecule has 112 valence electrons. The van der Waals surface area contributed by atoms with Gasteiger partial charge in [-0.1, -0.05) is 18.2 Å². The molecule has 0 bridgehead atoms. The lowest BCUT2D eigenvalue weighted by molar-refractivity contribution is -0.126. The molecule has 0 spiro atoms. The van der Waals surface area contributed by atoms with Crippen LogP contribution in [-0.2, 0) is 4.79 Å². The fourth-order valence-corrected chi connectivity index (χ4v) is 2.40. The van der Waals surface area contributed by atoms with Crippen LogP contribution in [0, 0.1) is 11.5 Å². The van der Waals surface area contributed by atoms with Crippen molar-refractivity contribution < 1.29 is 9.18 Å². The second kappa shape index (κ2) is 5.48. The molecule has 1 aliphatic heterocycles. The molecule has 1 amide bonds. The lowest BCUT2D eigenvalue weighted by Gasteiger charge is -2.17. The molecular formula is C15H14FN5O. The van der Waals surface area contributed by atoms with Crippen molar-refractivity contribution in [3.05, 3.63) is 42.7 Å². The van der Waals surface area contributed by atoms with Crippen LogP contribution in [-0.4, -0.2) is 39.3 Å². The number of nitriles is 1. The van der Waals surface area contributed by atoms with Crippen molar-refractivity contribution in [1.29, 1.82) is 5.26 Å². The molecule has 1 fully saturated rings. The minimum Gasteiger partial charge on any atom is -0.321 e. The first-order chi connectivity index (χ1) is 10.6. The van der Waals surface area contributed by atoms with Gasteiger partial charge in [-0.05, 0) is 12.1 Å². The van der Waals surface area contributed by atoms with Crippen molar-refractivity contribution >= 4 is 11.6 Å². The van der Waals surface area contributed by atoms with Gasteiger partial charge in [-0.15, -0.1) is 0 Å². The summed E-state index contributed by atoms with van der Waals surface area (Å²) in [5, 5.41) is 15.4. The number of likely N-dealkylation sites (tertiary alicyclic amines) is 1. The lowest BCUT2D eigenvalue weighted by atomic mass is 10.0. The van der Waals surface area contributed by atoms with Gasteiger partial charge in [0.05, 0.1) is 30.3 Å².